The molecule has 1 unspecified atom stereocenters. The molecule has 1 aliphatic heterocycles. The number of ether oxygens (including phenoxy) is 1. The third-order valence-electron chi connectivity index (χ3n) is 3.16. The molecule has 1 aromatic heterocycles. The van der Waals surface area contributed by atoms with Gasteiger partial charge in [0.1, 0.15) is 17.4 Å². The highest BCUT2D eigenvalue weighted by Crippen LogP contribution is 2.28. The largest absolute Gasteiger partial charge is 0.488 e. The standard InChI is InChI=1S/C14H13N3O3/c18-14(19)11-5-6-16-17-13(11)15-8-10-7-9-3-1-2-4-12(9)20-10/h1-6,10H,7-8H2,(H,15,17)(H,18,19). The van der Waals surface area contributed by atoms with E-state index in [0.29, 0.717) is 6.54 Å². The van der Waals surface area contributed by atoms with Gasteiger partial charge in [0.15, 0.2) is 5.82 Å². The number of fused-ring (bicyclic) bond motifs is 1. The number of para-hydroxylation sites is 1. The van der Waals surface area contributed by atoms with E-state index in [1.807, 2.05) is 24.3 Å². The zero-order valence-electron chi connectivity index (χ0n) is 10.6. The summed E-state index contributed by atoms with van der Waals surface area (Å²) in [5, 5.41) is 19.6. The molecule has 1 aliphatic rings. The summed E-state index contributed by atoms with van der Waals surface area (Å²) in [6, 6.07) is 9.28. The monoisotopic (exact) mass is 271 g/mol. The zero-order chi connectivity index (χ0) is 13.9. The number of nitrogens with zero attached hydrogens (tertiary/aromatic N) is 2. The maximum atomic E-state index is 11.1. The SMILES string of the molecule is O=C(O)c1ccnnc1NCC1Cc2ccccc2O1. The fraction of sp³-hybridized carbons (Fsp3) is 0.214. The summed E-state index contributed by atoms with van der Waals surface area (Å²) in [5.74, 6) is 0.120. The molecule has 1 aromatic carbocycles. The Hall–Kier alpha value is -2.63. The second kappa shape index (κ2) is 5.16. The van der Waals surface area contributed by atoms with Crippen molar-refractivity contribution in [2.75, 3.05) is 11.9 Å². The average molecular weight is 271 g/mol. The predicted molar refractivity (Wildman–Crippen MR) is 72.0 cm³/mol. The molecule has 6 heteroatoms. The molecule has 0 fully saturated rings. The molecule has 2 heterocycles. The third kappa shape index (κ3) is 2.40. The number of carboxylic acid groups (broad SMARTS) is 1. The first kappa shape index (κ1) is 12.4. The Morgan fingerprint density at radius 2 is 2.25 bits per heavy atom. The van der Waals surface area contributed by atoms with Gasteiger partial charge in [-0.15, -0.1) is 5.10 Å². The molecule has 0 saturated heterocycles. The first-order valence-electron chi connectivity index (χ1n) is 6.27. The maximum Gasteiger partial charge on any atom is 0.339 e. The predicted octanol–water partition coefficient (Wildman–Crippen LogP) is 1.59. The number of anilines is 1. The van der Waals surface area contributed by atoms with Gasteiger partial charge in [-0.25, -0.2) is 4.79 Å². The number of aromatic nitrogens is 2. The van der Waals surface area contributed by atoms with Crippen LogP contribution in [-0.2, 0) is 6.42 Å². The van der Waals surface area contributed by atoms with E-state index in [1.54, 1.807) is 0 Å². The summed E-state index contributed by atoms with van der Waals surface area (Å²) < 4.78 is 5.77. The lowest BCUT2D eigenvalue weighted by molar-refractivity contribution is 0.0697. The molecular weight excluding hydrogens is 258 g/mol. The van der Waals surface area contributed by atoms with Gasteiger partial charge in [-0.1, -0.05) is 18.2 Å². The summed E-state index contributed by atoms with van der Waals surface area (Å²) in [7, 11) is 0. The van der Waals surface area contributed by atoms with Crippen LogP contribution >= 0.6 is 0 Å². The molecule has 1 atom stereocenters. The van der Waals surface area contributed by atoms with E-state index in [4.69, 9.17) is 9.84 Å². The van der Waals surface area contributed by atoms with E-state index in [0.717, 1.165) is 17.7 Å². The van der Waals surface area contributed by atoms with Crippen LogP contribution in [0.5, 0.6) is 5.75 Å². The number of rotatable bonds is 4. The summed E-state index contributed by atoms with van der Waals surface area (Å²) in [5.41, 5.74) is 1.27. The molecule has 0 radical (unpaired) electrons. The lowest BCUT2D eigenvalue weighted by Gasteiger charge is -2.13. The van der Waals surface area contributed by atoms with Gasteiger partial charge < -0.3 is 15.2 Å². The number of carboxylic acids is 1. The number of aromatic carboxylic acids is 1. The number of hydrogen-bond acceptors (Lipinski definition) is 5. The molecule has 0 spiro atoms. The van der Waals surface area contributed by atoms with Crippen LogP contribution in [0.15, 0.2) is 36.5 Å². The van der Waals surface area contributed by atoms with Gasteiger partial charge in [0.2, 0.25) is 0 Å². The van der Waals surface area contributed by atoms with E-state index in [2.05, 4.69) is 15.5 Å². The van der Waals surface area contributed by atoms with Crippen molar-refractivity contribution in [3.8, 4) is 5.75 Å². The molecule has 0 bridgehead atoms. The first-order valence-corrected chi connectivity index (χ1v) is 6.27. The van der Waals surface area contributed by atoms with E-state index < -0.39 is 5.97 Å². The molecule has 0 amide bonds. The van der Waals surface area contributed by atoms with Crippen LogP contribution in [0.25, 0.3) is 0 Å². The Morgan fingerprint density at radius 1 is 1.40 bits per heavy atom. The second-order valence-electron chi connectivity index (χ2n) is 4.53. The fourth-order valence-electron chi connectivity index (χ4n) is 2.21. The van der Waals surface area contributed by atoms with Crippen molar-refractivity contribution < 1.29 is 14.6 Å². The number of carbonyl (C=O) groups is 1. The van der Waals surface area contributed by atoms with Crippen LogP contribution in [0, 0.1) is 0 Å². The van der Waals surface area contributed by atoms with Crippen molar-refractivity contribution >= 4 is 11.8 Å². The topological polar surface area (TPSA) is 84.3 Å². The highest BCUT2D eigenvalue weighted by Gasteiger charge is 2.22. The Morgan fingerprint density at radius 3 is 3.05 bits per heavy atom. The van der Waals surface area contributed by atoms with Gasteiger partial charge in [-0.2, -0.15) is 5.10 Å². The van der Waals surface area contributed by atoms with E-state index in [-0.39, 0.29) is 17.5 Å². The Kier molecular flexibility index (Phi) is 3.20. The zero-order valence-corrected chi connectivity index (χ0v) is 10.6. The summed E-state index contributed by atoms with van der Waals surface area (Å²) in [4.78, 5) is 11.1. The number of nitrogens with one attached hydrogen (secondary N) is 1. The van der Waals surface area contributed by atoms with Crippen LogP contribution in [-0.4, -0.2) is 33.9 Å². The van der Waals surface area contributed by atoms with Crippen LogP contribution in [0.2, 0.25) is 0 Å². The number of benzene rings is 1. The lowest BCUT2D eigenvalue weighted by atomic mass is 10.1. The molecule has 102 valence electrons. The Bertz CT molecular complexity index is 620. The van der Waals surface area contributed by atoms with Crippen LogP contribution in [0.3, 0.4) is 0 Å². The highest BCUT2D eigenvalue weighted by molar-refractivity contribution is 5.92. The van der Waals surface area contributed by atoms with Gasteiger partial charge in [0, 0.05) is 6.42 Å². The molecule has 3 rings (SSSR count). The third-order valence-corrected chi connectivity index (χ3v) is 3.16. The molecule has 2 aromatic rings. The average Bonchev–Trinajstić information content (AvgIpc) is 2.88. The van der Waals surface area contributed by atoms with Gasteiger partial charge >= 0.3 is 5.97 Å². The second-order valence-corrected chi connectivity index (χ2v) is 4.53. The fourth-order valence-corrected chi connectivity index (χ4v) is 2.21. The molecular formula is C14H13N3O3. The minimum absolute atomic E-state index is 0.0314. The molecule has 0 saturated carbocycles. The minimum atomic E-state index is -1.03. The van der Waals surface area contributed by atoms with E-state index in [1.165, 1.54) is 12.3 Å². The smallest absolute Gasteiger partial charge is 0.339 e. The first-order chi connectivity index (χ1) is 9.74. The van der Waals surface area contributed by atoms with Crippen LogP contribution < -0.4 is 10.1 Å². The minimum Gasteiger partial charge on any atom is -0.488 e. The molecule has 20 heavy (non-hydrogen) atoms. The van der Waals surface area contributed by atoms with Crippen molar-refractivity contribution in [2.45, 2.75) is 12.5 Å². The Labute approximate surface area is 115 Å². The maximum absolute atomic E-state index is 11.1. The van der Waals surface area contributed by atoms with Crippen molar-refractivity contribution in [3.05, 3.63) is 47.7 Å². The van der Waals surface area contributed by atoms with Crippen molar-refractivity contribution in [1.82, 2.24) is 10.2 Å². The van der Waals surface area contributed by atoms with E-state index in [9.17, 15) is 4.79 Å². The number of hydrogen-bond donors (Lipinski definition) is 2. The lowest BCUT2D eigenvalue weighted by Crippen LogP contribution is -2.25. The summed E-state index contributed by atoms with van der Waals surface area (Å²) in [6.45, 7) is 0.480. The Balaban J connectivity index is 1.66. The van der Waals surface area contributed by atoms with Gasteiger partial charge in [-0.05, 0) is 17.7 Å². The van der Waals surface area contributed by atoms with Crippen molar-refractivity contribution in [1.29, 1.82) is 0 Å². The summed E-state index contributed by atoms with van der Waals surface area (Å²) in [6.07, 6.45) is 2.12. The van der Waals surface area contributed by atoms with Crippen molar-refractivity contribution in [2.24, 2.45) is 0 Å². The van der Waals surface area contributed by atoms with Crippen LogP contribution in [0.4, 0.5) is 5.82 Å². The molecule has 0 aliphatic carbocycles. The normalized spacial score (nSPS) is 16.3. The van der Waals surface area contributed by atoms with Gasteiger partial charge in [0.25, 0.3) is 0 Å². The highest BCUT2D eigenvalue weighted by atomic mass is 16.5. The van der Waals surface area contributed by atoms with Gasteiger partial charge in [0.05, 0.1) is 12.7 Å². The quantitative estimate of drug-likeness (QED) is 0.878. The molecule has 2 N–H and O–H groups in total. The molecule has 6 nitrogen and oxygen atoms in total. The van der Waals surface area contributed by atoms with Crippen LogP contribution in [0.1, 0.15) is 15.9 Å². The van der Waals surface area contributed by atoms with Crippen molar-refractivity contribution in [3.63, 3.8) is 0 Å². The summed E-state index contributed by atoms with van der Waals surface area (Å²) >= 11 is 0. The van der Waals surface area contributed by atoms with E-state index >= 15 is 0 Å². The van der Waals surface area contributed by atoms with Gasteiger partial charge in [-0.3, -0.25) is 0 Å².